The molecule has 0 aromatic heterocycles. The SMILES string of the molecule is CCCC1(CCCC(O)CCCC2(CCOC=O)CC2)CC1. The normalized spacial score (nSPS) is 22.1. The quantitative estimate of drug-likeness (QED) is 0.376. The lowest BCUT2D eigenvalue weighted by Gasteiger charge is -2.17. The largest absolute Gasteiger partial charge is 0.468 e. The van der Waals surface area contributed by atoms with Crippen LogP contribution >= 0.6 is 0 Å². The number of ether oxygens (including phenoxy) is 1. The fraction of sp³-hybridized carbons (Fsp3) is 0.947. The van der Waals surface area contributed by atoms with Gasteiger partial charge < -0.3 is 9.84 Å². The predicted octanol–water partition coefficient (Wildman–Crippen LogP) is 4.61. The highest BCUT2D eigenvalue weighted by atomic mass is 16.5. The van der Waals surface area contributed by atoms with Crippen molar-refractivity contribution in [2.24, 2.45) is 10.8 Å². The zero-order valence-corrected chi connectivity index (χ0v) is 14.3. The topological polar surface area (TPSA) is 46.5 Å². The summed E-state index contributed by atoms with van der Waals surface area (Å²) >= 11 is 0. The fourth-order valence-corrected chi connectivity index (χ4v) is 4.03. The number of carbonyl (C=O) groups is 1. The van der Waals surface area contributed by atoms with Crippen LogP contribution in [-0.2, 0) is 9.53 Å². The number of aliphatic hydroxyl groups excluding tert-OH is 1. The van der Waals surface area contributed by atoms with Crippen molar-refractivity contribution >= 4 is 6.47 Å². The summed E-state index contributed by atoms with van der Waals surface area (Å²) in [5, 5.41) is 10.2. The number of hydrogen-bond acceptors (Lipinski definition) is 3. The van der Waals surface area contributed by atoms with Crippen molar-refractivity contribution < 1.29 is 14.6 Å². The zero-order valence-electron chi connectivity index (χ0n) is 14.3. The van der Waals surface area contributed by atoms with E-state index < -0.39 is 0 Å². The van der Waals surface area contributed by atoms with Crippen molar-refractivity contribution in [3.05, 3.63) is 0 Å². The van der Waals surface area contributed by atoms with Gasteiger partial charge in [-0.15, -0.1) is 0 Å². The molecule has 2 aliphatic carbocycles. The van der Waals surface area contributed by atoms with Gasteiger partial charge >= 0.3 is 0 Å². The van der Waals surface area contributed by atoms with E-state index in [2.05, 4.69) is 6.92 Å². The molecule has 2 fully saturated rings. The highest BCUT2D eigenvalue weighted by Crippen LogP contribution is 2.54. The average molecular weight is 310 g/mol. The van der Waals surface area contributed by atoms with Crippen LogP contribution in [0.25, 0.3) is 0 Å². The monoisotopic (exact) mass is 310 g/mol. The number of carbonyl (C=O) groups excluding carboxylic acids is 1. The molecule has 0 amide bonds. The van der Waals surface area contributed by atoms with E-state index >= 15 is 0 Å². The second-order valence-electron chi connectivity index (χ2n) is 7.91. The average Bonchev–Trinajstić information content (AvgIpc) is 3.39. The minimum Gasteiger partial charge on any atom is -0.468 e. The van der Waals surface area contributed by atoms with Crippen LogP contribution in [0.5, 0.6) is 0 Å². The van der Waals surface area contributed by atoms with Gasteiger partial charge in [-0.05, 0) is 75.0 Å². The summed E-state index contributed by atoms with van der Waals surface area (Å²) in [7, 11) is 0. The molecule has 0 aliphatic heterocycles. The number of rotatable bonds is 14. The maximum absolute atomic E-state index is 10.2. The van der Waals surface area contributed by atoms with Gasteiger partial charge in [-0.25, -0.2) is 0 Å². The van der Waals surface area contributed by atoms with Crippen molar-refractivity contribution in [3.8, 4) is 0 Å². The van der Waals surface area contributed by atoms with Gasteiger partial charge in [0.1, 0.15) is 0 Å². The summed E-state index contributed by atoms with van der Waals surface area (Å²) in [6, 6.07) is 0. The Morgan fingerprint density at radius 2 is 1.55 bits per heavy atom. The van der Waals surface area contributed by atoms with Crippen molar-refractivity contribution in [2.75, 3.05) is 6.61 Å². The first-order chi connectivity index (χ1) is 10.6. The Bertz CT molecular complexity index is 332. The first-order valence-electron chi connectivity index (χ1n) is 9.37. The van der Waals surface area contributed by atoms with E-state index in [1.165, 1.54) is 57.8 Å². The second kappa shape index (κ2) is 8.33. The van der Waals surface area contributed by atoms with Gasteiger partial charge in [0.25, 0.3) is 6.47 Å². The lowest BCUT2D eigenvalue weighted by molar-refractivity contribution is -0.129. The maximum Gasteiger partial charge on any atom is 0.293 e. The molecule has 0 spiro atoms. The van der Waals surface area contributed by atoms with E-state index in [1.54, 1.807) is 0 Å². The van der Waals surface area contributed by atoms with Crippen molar-refractivity contribution in [2.45, 2.75) is 96.5 Å². The van der Waals surface area contributed by atoms with Gasteiger partial charge in [0.2, 0.25) is 0 Å². The van der Waals surface area contributed by atoms with Gasteiger partial charge in [0.05, 0.1) is 12.7 Å². The Balaban J connectivity index is 1.49. The molecule has 0 heterocycles. The van der Waals surface area contributed by atoms with E-state index in [9.17, 15) is 9.90 Å². The minimum absolute atomic E-state index is 0.112. The van der Waals surface area contributed by atoms with E-state index in [4.69, 9.17) is 4.74 Å². The first kappa shape index (κ1) is 17.8. The highest BCUT2D eigenvalue weighted by molar-refractivity contribution is 5.36. The van der Waals surface area contributed by atoms with Crippen molar-refractivity contribution in [1.82, 2.24) is 0 Å². The molecule has 0 aromatic carbocycles. The lowest BCUT2D eigenvalue weighted by atomic mass is 9.91. The molecule has 1 atom stereocenters. The third-order valence-corrected chi connectivity index (χ3v) is 6.00. The van der Waals surface area contributed by atoms with Crippen LogP contribution in [0.3, 0.4) is 0 Å². The van der Waals surface area contributed by atoms with E-state index in [1.807, 2.05) is 0 Å². The van der Waals surface area contributed by atoms with E-state index in [0.717, 1.165) is 25.7 Å². The molecule has 2 rings (SSSR count). The minimum atomic E-state index is -0.112. The predicted molar refractivity (Wildman–Crippen MR) is 88.6 cm³/mol. The van der Waals surface area contributed by atoms with Gasteiger partial charge in [0.15, 0.2) is 0 Å². The van der Waals surface area contributed by atoms with E-state index in [0.29, 0.717) is 23.9 Å². The standard InChI is InChI=1S/C19H34O3/c1-2-7-18(10-11-18)8-3-5-17(21)6-4-9-19(12-13-19)14-15-22-16-20/h16-17,21H,2-15H2,1H3. The summed E-state index contributed by atoms with van der Waals surface area (Å²) in [6.07, 6.45) is 15.7. The molecule has 2 aliphatic rings. The van der Waals surface area contributed by atoms with Crippen molar-refractivity contribution in [1.29, 1.82) is 0 Å². The van der Waals surface area contributed by atoms with Gasteiger partial charge in [0, 0.05) is 0 Å². The molecule has 0 aromatic rings. The highest BCUT2D eigenvalue weighted by Gasteiger charge is 2.42. The third-order valence-electron chi connectivity index (χ3n) is 6.00. The summed E-state index contributed by atoms with van der Waals surface area (Å²) in [5.74, 6) is 0. The number of hydrogen-bond donors (Lipinski definition) is 1. The summed E-state index contributed by atoms with van der Waals surface area (Å²) in [5.41, 5.74) is 1.10. The molecule has 2 saturated carbocycles. The first-order valence-corrected chi connectivity index (χ1v) is 9.37. The van der Waals surface area contributed by atoms with Crippen LogP contribution in [-0.4, -0.2) is 24.3 Å². The van der Waals surface area contributed by atoms with Gasteiger partial charge in [-0.2, -0.15) is 0 Å². The third kappa shape index (κ3) is 5.91. The Kier molecular flexibility index (Phi) is 6.73. The van der Waals surface area contributed by atoms with Crippen LogP contribution in [0.15, 0.2) is 0 Å². The Morgan fingerprint density at radius 3 is 2.00 bits per heavy atom. The molecule has 22 heavy (non-hydrogen) atoms. The molecular formula is C19H34O3. The van der Waals surface area contributed by atoms with Crippen LogP contribution in [0.4, 0.5) is 0 Å². The van der Waals surface area contributed by atoms with Gasteiger partial charge in [-0.3, -0.25) is 4.79 Å². The van der Waals surface area contributed by atoms with Crippen LogP contribution < -0.4 is 0 Å². The fourth-order valence-electron chi connectivity index (χ4n) is 4.03. The Hall–Kier alpha value is -0.570. The Labute approximate surface area is 135 Å². The molecule has 0 bridgehead atoms. The van der Waals surface area contributed by atoms with Crippen LogP contribution in [0, 0.1) is 10.8 Å². The Morgan fingerprint density at radius 1 is 1.00 bits per heavy atom. The van der Waals surface area contributed by atoms with Crippen LogP contribution in [0.2, 0.25) is 0 Å². The molecule has 1 unspecified atom stereocenters. The maximum atomic E-state index is 10.2. The lowest BCUT2D eigenvalue weighted by Crippen LogP contribution is -2.11. The zero-order chi connectivity index (χ0) is 15.9. The summed E-state index contributed by atoms with van der Waals surface area (Å²) < 4.78 is 4.82. The molecule has 128 valence electrons. The molecule has 3 nitrogen and oxygen atoms in total. The van der Waals surface area contributed by atoms with E-state index in [-0.39, 0.29) is 6.10 Å². The van der Waals surface area contributed by atoms with Gasteiger partial charge in [-0.1, -0.05) is 26.2 Å². The number of aliphatic hydroxyl groups is 1. The smallest absolute Gasteiger partial charge is 0.293 e. The molecule has 0 radical (unpaired) electrons. The van der Waals surface area contributed by atoms with Crippen LogP contribution in [0.1, 0.15) is 90.4 Å². The summed E-state index contributed by atoms with van der Waals surface area (Å²) in [6.45, 7) is 3.39. The molecule has 1 N–H and O–H groups in total. The molecular weight excluding hydrogens is 276 g/mol. The molecule has 0 saturated heterocycles. The second-order valence-corrected chi connectivity index (χ2v) is 7.91. The molecule has 3 heteroatoms. The van der Waals surface area contributed by atoms with Crippen molar-refractivity contribution in [3.63, 3.8) is 0 Å². The summed E-state index contributed by atoms with van der Waals surface area (Å²) in [4.78, 5) is 10.2.